The average Bonchev–Trinajstić information content (AvgIpc) is 3.07. The first-order valence-corrected chi connectivity index (χ1v) is 7.49. The van der Waals surface area contributed by atoms with E-state index in [-0.39, 0.29) is 11.9 Å². The number of carbonyl (C=O) groups excluding carboxylic acids is 1. The lowest BCUT2D eigenvalue weighted by Gasteiger charge is -2.15. The highest BCUT2D eigenvalue weighted by Crippen LogP contribution is 2.30. The summed E-state index contributed by atoms with van der Waals surface area (Å²) in [5.41, 5.74) is 7.70. The van der Waals surface area contributed by atoms with Crippen molar-refractivity contribution >= 4 is 22.5 Å². The molecule has 6 nitrogen and oxygen atoms in total. The molecule has 4 rings (SSSR count). The highest BCUT2D eigenvalue weighted by molar-refractivity contribution is 6.05. The smallest absolute Gasteiger partial charge is 0.272 e. The van der Waals surface area contributed by atoms with Crippen molar-refractivity contribution in [3.8, 4) is 0 Å². The van der Waals surface area contributed by atoms with Gasteiger partial charge in [0.2, 0.25) is 0 Å². The van der Waals surface area contributed by atoms with Gasteiger partial charge in [-0.15, -0.1) is 0 Å². The van der Waals surface area contributed by atoms with Crippen molar-refractivity contribution in [3.63, 3.8) is 0 Å². The van der Waals surface area contributed by atoms with Gasteiger partial charge in [-0.1, -0.05) is 0 Å². The summed E-state index contributed by atoms with van der Waals surface area (Å²) in [5.74, 6) is -0.116. The van der Waals surface area contributed by atoms with Gasteiger partial charge in [-0.25, -0.2) is 0 Å². The van der Waals surface area contributed by atoms with Gasteiger partial charge in [0.15, 0.2) is 5.69 Å². The number of nitrogens with two attached hydrogens (primary N) is 1. The molecule has 1 aromatic heterocycles. The summed E-state index contributed by atoms with van der Waals surface area (Å²) >= 11 is 0. The lowest BCUT2D eigenvalue weighted by atomic mass is 10.1. The topological polar surface area (TPSA) is 87.0 Å². The number of nitrogen functional groups attached to an aromatic ring is 1. The molecule has 0 radical (unpaired) electrons. The van der Waals surface area contributed by atoms with Crippen LogP contribution in [0.15, 0.2) is 18.2 Å². The normalized spacial score (nSPS) is 22.8. The molecule has 1 saturated carbocycles. The number of anilines is 1. The third kappa shape index (κ3) is 2.35. The van der Waals surface area contributed by atoms with Crippen LogP contribution in [0.2, 0.25) is 0 Å². The van der Waals surface area contributed by atoms with Gasteiger partial charge in [0.05, 0.1) is 5.52 Å². The first-order valence-electron chi connectivity index (χ1n) is 7.49. The molecule has 6 heteroatoms. The summed E-state index contributed by atoms with van der Waals surface area (Å²) in [5, 5.41) is 10.9. The van der Waals surface area contributed by atoms with Gasteiger partial charge in [-0.2, -0.15) is 5.10 Å². The fraction of sp³-hybridized carbons (Fsp3) is 0.467. The van der Waals surface area contributed by atoms with Crippen molar-refractivity contribution < 1.29 is 4.79 Å². The number of fused-ring (bicyclic) bond motifs is 1. The molecule has 110 valence electrons. The second kappa shape index (κ2) is 4.73. The molecule has 4 N–H and O–H groups in total. The van der Waals surface area contributed by atoms with Crippen LogP contribution in [-0.4, -0.2) is 46.2 Å². The lowest BCUT2D eigenvalue weighted by Crippen LogP contribution is -2.37. The van der Waals surface area contributed by atoms with Crippen LogP contribution in [0.1, 0.15) is 29.8 Å². The van der Waals surface area contributed by atoms with E-state index >= 15 is 0 Å². The van der Waals surface area contributed by atoms with Crippen LogP contribution in [0.25, 0.3) is 10.9 Å². The van der Waals surface area contributed by atoms with Crippen LogP contribution >= 0.6 is 0 Å². The minimum absolute atomic E-state index is 0.116. The SMILES string of the molecule is Nc1ccc2[nH]nc(C(=O)NC3CCN(C4CC4)C3)c2c1. The Hall–Kier alpha value is -2.08. The van der Waals surface area contributed by atoms with Crippen molar-refractivity contribution in [2.24, 2.45) is 0 Å². The molecule has 2 aliphatic rings. The largest absolute Gasteiger partial charge is 0.399 e. The summed E-state index contributed by atoms with van der Waals surface area (Å²) < 4.78 is 0. The molecule has 2 heterocycles. The predicted octanol–water partition coefficient (Wildman–Crippen LogP) is 1.11. The number of amides is 1. The summed E-state index contributed by atoms with van der Waals surface area (Å²) in [6.45, 7) is 2.05. The number of benzene rings is 1. The van der Waals surface area contributed by atoms with Crippen LogP contribution in [0, 0.1) is 0 Å². The molecule has 1 atom stereocenters. The molecule has 1 unspecified atom stereocenters. The molecule has 1 saturated heterocycles. The van der Waals surface area contributed by atoms with Crippen molar-refractivity contribution in [2.45, 2.75) is 31.3 Å². The number of carbonyl (C=O) groups is 1. The van der Waals surface area contributed by atoms with E-state index in [1.807, 2.05) is 6.07 Å². The molecular formula is C15H19N5O. The van der Waals surface area contributed by atoms with Crippen molar-refractivity contribution in [1.29, 1.82) is 0 Å². The Morgan fingerprint density at radius 1 is 1.38 bits per heavy atom. The van der Waals surface area contributed by atoms with Crippen molar-refractivity contribution in [1.82, 2.24) is 20.4 Å². The van der Waals surface area contributed by atoms with E-state index < -0.39 is 0 Å². The second-order valence-electron chi connectivity index (χ2n) is 6.06. The summed E-state index contributed by atoms with van der Waals surface area (Å²) in [6, 6.07) is 6.42. The summed E-state index contributed by atoms with van der Waals surface area (Å²) in [4.78, 5) is 14.9. The number of aromatic amines is 1. The van der Waals surface area contributed by atoms with E-state index in [9.17, 15) is 4.79 Å². The molecule has 2 fully saturated rings. The van der Waals surface area contributed by atoms with Crippen molar-refractivity contribution in [3.05, 3.63) is 23.9 Å². The van der Waals surface area contributed by atoms with Gasteiger partial charge in [0.25, 0.3) is 5.91 Å². The van der Waals surface area contributed by atoms with Gasteiger partial charge in [-0.3, -0.25) is 14.8 Å². The van der Waals surface area contributed by atoms with Crippen LogP contribution in [0.5, 0.6) is 0 Å². The molecule has 1 amide bonds. The summed E-state index contributed by atoms with van der Waals surface area (Å²) in [7, 11) is 0. The standard InChI is InChI=1S/C15H19N5O/c16-9-1-4-13-12(7-9)14(19-18-13)15(21)17-10-5-6-20(8-10)11-2-3-11/h1,4,7,10-11H,2-3,5-6,8,16H2,(H,17,21)(H,18,19). The van der Waals surface area contributed by atoms with Crippen LogP contribution in [0.4, 0.5) is 5.69 Å². The van der Waals surface area contributed by atoms with E-state index in [4.69, 9.17) is 5.73 Å². The predicted molar refractivity (Wildman–Crippen MR) is 81.0 cm³/mol. The van der Waals surface area contributed by atoms with Crippen LogP contribution < -0.4 is 11.1 Å². The van der Waals surface area contributed by atoms with Gasteiger partial charge < -0.3 is 11.1 Å². The van der Waals surface area contributed by atoms with Gasteiger partial charge in [-0.05, 0) is 37.5 Å². The Morgan fingerprint density at radius 3 is 3.05 bits per heavy atom. The number of nitrogens with zero attached hydrogens (tertiary/aromatic N) is 2. The van der Waals surface area contributed by atoms with Crippen molar-refractivity contribution in [2.75, 3.05) is 18.8 Å². The lowest BCUT2D eigenvalue weighted by molar-refractivity contribution is 0.0934. The van der Waals surface area contributed by atoms with Gasteiger partial charge >= 0.3 is 0 Å². The fourth-order valence-corrected chi connectivity index (χ4v) is 3.13. The maximum atomic E-state index is 12.4. The molecule has 0 bridgehead atoms. The third-order valence-corrected chi connectivity index (χ3v) is 4.42. The monoisotopic (exact) mass is 285 g/mol. The van der Waals surface area contributed by atoms with E-state index in [0.29, 0.717) is 11.4 Å². The van der Waals surface area contributed by atoms with E-state index in [1.165, 1.54) is 12.8 Å². The molecule has 21 heavy (non-hydrogen) atoms. The molecule has 1 aliphatic carbocycles. The Kier molecular flexibility index (Phi) is 2.85. The number of likely N-dealkylation sites (tertiary alicyclic amines) is 1. The molecule has 2 aromatic rings. The number of aromatic nitrogens is 2. The van der Waals surface area contributed by atoms with Crippen LogP contribution in [-0.2, 0) is 0 Å². The zero-order valence-electron chi connectivity index (χ0n) is 11.8. The second-order valence-corrected chi connectivity index (χ2v) is 6.06. The Labute approximate surface area is 122 Å². The number of H-pyrrole nitrogens is 1. The van der Waals surface area contributed by atoms with Gasteiger partial charge in [0, 0.05) is 36.2 Å². The maximum absolute atomic E-state index is 12.4. The van der Waals surface area contributed by atoms with Gasteiger partial charge in [0.1, 0.15) is 0 Å². The quantitative estimate of drug-likeness (QED) is 0.737. The zero-order valence-corrected chi connectivity index (χ0v) is 11.8. The molecule has 0 spiro atoms. The first-order chi connectivity index (χ1) is 10.2. The minimum Gasteiger partial charge on any atom is -0.399 e. The fourth-order valence-electron chi connectivity index (χ4n) is 3.13. The third-order valence-electron chi connectivity index (χ3n) is 4.42. The number of hydrogen-bond donors (Lipinski definition) is 3. The minimum atomic E-state index is -0.116. The zero-order chi connectivity index (χ0) is 14.4. The molecule has 1 aromatic carbocycles. The number of hydrogen-bond acceptors (Lipinski definition) is 4. The summed E-state index contributed by atoms with van der Waals surface area (Å²) in [6.07, 6.45) is 3.64. The van der Waals surface area contributed by atoms with E-state index in [2.05, 4.69) is 20.4 Å². The van der Waals surface area contributed by atoms with Crippen LogP contribution in [0.3, 0.4) is 0 Å². The molecular weight excluding hydrogens is 266 g/mol. The highest BCUT2D eigenvalue weighted by atomic mass is 16.2. The average molecular weight is 285 g/mol. The Balaban J connectivity index is 1.50. The van der Waals surface area contributed by atoms with E-state index in [0.717, 1.165) is 36.5 Å². The maximum Gasteiger partial charge on any atom is 0.272 e. The van der Waals surface area contributed by atoms with E-state index in [1.54, 1.807) is 12.1 Å². The highest BCUT2D eigenvalue weighted by Gasteiger charge is 2.35. The number of rotatable bonds is 3. The Morgan fingerprint density at radius 2 is 2.24 bits per heavy atom. The first kappa shape index (κ1) is 12.6. The Bertz CT molecular complexity index is 690. The number of nitrogens with one attached hydrogen (secondary N) is 2. The molecule has 1 aliphatic heterocycles.